The molecule has 4 rings (SSSR count). The van der Waals surface area contributed by atoms with Crippen molar-refractivity contribution in [1.29, 1.82) is 0 Å². The van der Waals surface area contributed by atoms with Gasteiger partial charge in [-0.05, 0) is 43.4 Å². The SMILES string of the molecule is CCCC(C1CC1)n1c(CC)nc2c(-c3ccc(OC)cc3Cl)nncc21. The van der Waals surface area contributed by atoms with Gasteiger partial charge in [-0.1, -0.05) is 31.9 Å². The lowest BCUT2D eigenvalue weighted by Crippen LogP contribution is -2.14. The fourth-order valence-corrected chi connectivity index (χ4v) is 4.21. The molecule has 1 aliphatic rings. The van der Waals surface area contributed by atoms with Crippen molar-refractivity contribution in [3.05, 3.63) is 35.2 Å². The maximum absolute atomic E-state index is 6.51. The molecule has 0 amide bonds. The molecule has 0 aliphatic heterocycles. The molecule has 1 aliphatic carbocycles. The van der Waals surface area contributed by atoms with Crippen LogP contribution in [0.3, 0.4) is 0 Å². The van der Waals surface area contributed by atoms with Crippen molar-refractivity contribution in [2.75, 3.05) is 7.11 Å². The van der Waals surface area contributed by atoms with Crippen LogP contribution in [-0.4, -0.2) is 26.9 Å². The third-order valence-corrected chi connectivity index (χ3v) is 5.73. The zero-order valence-electron chi connectivity index (χ0n) is 16.1. The smallest absolute Gasteiger partial charge is 0.122 e. The molecule has 27 heavy (non-hydrogen) atoms. The van der Waals surface area contributed by atoms with Gasteiger partial charge in [0.2, 0.25) is 0 Å². The molecule has 2 heterocycles. The summed E-state index contributed by atoms with van der Waals surface area (Å²) in [6.45, 7) is 4.41. The van der Waals surface area contributed by atoms with Crippen LogP contribution in [0.1, 0.15) is 51.4 Å². The lowest BCUT2D eigenvalue weighted by atomic mass is 10.1. The van der Waals surface area contributed by atoms with Gasteiger partial charge in [-0.25, -0.2) is 4.98 Å². The Morgan fingerprint density at radius 1 is 1.30 bits per heavy atom. The van der Waals surface area contributed by atoms with Crippen LogP contribution in [-0.2, 0) is 6.42 Å². The number of methoxy groups -OCH3 is 1. The monoisotopic (exact) mass is 384 g/mol. The van der Waals surface area contributed by atoms with E-state index < -0.39 is 0 Å². The lowest BCUT2D eigenvalue weighted by molar-refractivity contribution is 0.409. The third-order valence-electron chi connectivity index (χ3n) is 5.41. The number of fused-ring (bicyclic) bond motifs is 1. The van der Waals surface area contributed by atoms with E-state index in [0.717, 1.165) is 46.2 Å². The Kier molecular flexibility index (Phi) is 5.04. The summed E-state index contributed by atoms with van der Waals surface area (Å²) >= 11 is 6.51. The van der Waals surface area contributed by atoms with Crippen molar-refractivity contribution in [3.8, 4) is 17.0 Å². The predicted molar refractivity (Wildman–Crippen MR) is 108 cm³/mol. The van der Waals surface area contributed by atoms with Crippen LogP contribution in [0.25, 0.3) is 22.3 Å². The van der Waals surface area contributed by atoms with E-state index in [9.17, 15) is 0 Å². The molecule has 3 aromatic rings. The summed E-state index contributed by atoms with van der Waals surface area (Å²) < 4.78 is 7.69. The highest BCUT2D eigenvalue weighted by Gasteiger charge is 2.34. The number of aromatic nitrogens is 4. The van der Waals surface area contributed by atoms with Crippen molar-refractivity contribution in [2.24, 2.45) is 5.92 Å². The highest BCUT2D eigenvalue weighted by Crippen LogP contribution is 2.44. The number of ether oxygens (including phenoxy) is 1. The number of rotatable bonds is 7. The summed E-state index contributed by atoms with van der Waals surface area (Å²) in [5.74, 6) is 2.59. The molecule has 142 valence electrons. The second-order valence-corrected chi connectivity index (χ2v) is 7.63. The van der Waals surface area contributed by atoms with Crippen LogP contribution in [0.4, 0.5) is 0 Å². The van der Waals surface area contributed by atoms with Gasteiger partial charge in [-0.2, -0.15) is 5.10 Å². The minimum absolute atomic E-state index is 0.498. The molecule has 0 bridgehead atoms. The topological polar surface area (TPSA) is 52.8 Å². The van der Waals surface area contributed by atoms with Crippen molar-refractivity contribution < 1.29 is 4.74 Å². The molecule has 1 unspecified atom stereocenters. The van der Waals surface area contributed by atoms with Crippen LogP contribution < -0.4 is 4.74 Å². The summed E-state index contributed by atoms with van der Waals surface area (Å²) in [7, 11) is 1.63. The van der Waals surface area contributed by atoms with Crippen molar-refractivity contribution >= 4 is 22.6 Å². The fraction of sp³-hybridized carbons (Fsp3) is 0.476. The summed E-state index contributed by atoms with van der Waals surface area (Å²) in [5.41, 5.74) is 3.52. The molecule has 0 N–H and O–H groups in total. The zero-order chi connectivity index (χ0) is 19.0. The molecule has 1 fully saturated rings. The standard InChI is InChI=1S/C21H25ClN4O/c1-4-6-17(13-7-8-13)26-18-12-23-25-20(21(18)24-19(26)5-2)15-10-9-14(27-3)11-16(15)22/h9-13,17H,4-8H2,1-3H3. The Labute approximate surface area is 164 Å². The summed E-state index contributed by atoms with van der Waals surface area (Å²) in [6, 6.07) is 6.13. The first-order chi connectivity index (χ1) is 13.2. The second kappa shape index (κ2) is 7.47. The van der Waals surface area contributed by atoms with E-state index in [-0.39, 0.29) is 0 Å². The summed E-state index contributed by atoms with van der Waals surface area (Å²) in [4.78, 5) is 4.98. The maximum atomic E-state index is 6.51. The average molecular weight is 385 g/mol. The van der Waals surface area contributed by atoms with Crippen molar-refractivity contribution in [1.82, 2.24) is 19.7 Å². The summed E-state index contributed by atoms with van der Waals surface area (Å²) in [5, 5.41) is 9.29. The first kappa shape index (κ1) is 18.2. The molecular formula is C21H25ClN4O. The van der Waals surface area contributed by atoms with E-state index in [1.165, 1.54) is 25.7 Å². The molecule has 5 nitrogen and oxygen atoms in total. The zero-order valence-corrected chi connectivity index (χ0v) is 16.8. The maximum Gasteiger partial charge on any atom is 0.122 e. The Hall–Kier alpha value is -2.14. The van der Waals surface area contributed by atoms with Gasteiger partial charge >= 0.3 is 0 Å². The van der Waals surface area contributed by atoms with Gasteiger partial charge in [0.05, 0.1) is 23.8 Å². The summed E-state index contributed by atoms with van der Waals surface area (Å²) in [6.07, 6.45) is 7.70. The van der Waals surface area contributed by atoms with Gasteiger partial charge in [0.15, 0.2) is 0 Å². The fourth-order valence-electron chi connectivity index (χ4n) is 3.95. The first-order valence-corrected chi connectivity index (χ1v) is 10.1. The molecule has 2 aromatic heterocycles. The Bertz CT molecular complexity index is 964. The number of halogens is 1. The normalized spacial score (nSPS) is 15.3. The Morgan fingerprint density at radius 2 is 2.11 bits per heavy atom. The van der Waals surface area contributed by atoms with Crippen molar-refractivity contribution in [2.45, 2.75) is 52.0 Å². The van der Waals surface area contributed by atoms with E-state index in [4.69, 9.17) is 21.3 Å². The molecule has 0 radical (unpaired) electrons. The number of hydrogen-bond acceptors (Lipinski definition) is 4. The molecule has 0 spiro atoms. The minimum atomic E-state index is 0.498. The largest absolute Gasteiger partial charge is 0.497 e. The Morgan fingerprint density at radius 3 is 2.74 bits per heavy atom. The molecule has 1 atom stereocenters. The van der Waals surface area contributed by atoms with Crippen LogP contribution in [0.2, 0.25) is 5.02 Å². The number of nitrogens with zero attached hydrogens (tertiary/aromatic N) is 4. The van der Waals surface area contributed by atoms with Gasteiger partial charge < -0.3 is 9.30 Å². The highest BCUT2D eigenvalue weighted by molar-refractivity contribution is 6.33. The van der Waals surface area contributed by atoms with E-state index in [1.54, 1.807) is 13.2 Å². The number of aryl methyl sites for hydroxylation is 1. The molecule has 6 heteroatoms. The minimum Gasteiger partial charge on any atom is -0.497 e. The second-order valence-electron chi connectivity index (χ2n) is 7.22. The van der Waals surface area contributed by atoms with Gasteiger partial charge in [0.25, 0.3) is 0 Å². The molecular weight excluding hydrogens is 360 g/mol. The number of benzene rings is 1. The van der Waals surface area contributed by atoms with Crippen LogP contribution in [0.15, 0.2) is 24.4 Å². The van der Waals surface area contributed by atoms with Gasteiger partial charge in [0, 0.05) is 18.0 Å². The van der Waals surface area contributed by atoms with Crippen molar-refractivity contribution in [3.63, 3.8) is 0 Å². The number of imidazole rings is 1. The highest BCUT2D eigenvalue weighted by atomic mass is 35.5. The average Bonchev–Trinajstić information content (AvgIpc) is 3.46. The first-order valence-electron chi connectivity index (χ1n) is 9.74. The Balaban J connectivity index is 1.89. The van der Waals surface area contributed by atoms with Gasteiger partial charge in [-0.15, -0.1) is 5.10 Å². The van der Waals surface area contributed by atoms with Crippen LogP contribution >= 0.6 is 11.6 Å². The van der Waals surface area contributed by atoms with E-state index in [1.807, 2.05) is 18.3 Å². The predicted octanol–water partition coefficient (Wildman–Crippen LogP) is 5.47. The quantitative estimate of drug-likeness (QED) is 0.542. The van der Waals surface area contributed by atoms with Gasteiger partial charge in [-0.3, -0.25) is 0 Å². The molecule has 0 saturated heterocycles. The van der Waals surface area contributed by atoms with E-state index >= 15 is 0 Å². The lowest BCUT2D eigenvalue weighted by Gasteiger charge is -2.20. The molecule has 1 aromatic carbocycles. The molecule has 1 saturated carbocycles. The van der Waals surface area contributed by atoms with Gasteiger partial charge in [0.1, 0.15) is 22.8 Å². The number of hydrogen-bond donors (Lipinski definition) is 0. The van der Waals surface area contributed by atoms with Crippen LogP contribution in [0, 0.1) is 5.92 Å². The van der Waals surface area contributed by atoms with Crippen LogP contribution in [0.5, 0.6) is 5.75 Å². The third kappa shape index (κ3) is 3.29. The van der Waals surface area contributed by atoms with E-state index in [2.05, 4.69) is 28.6 Å². The van der Waals surface area contributed by atoms with E-state index in [0.29, 0.717) is 11.1 Å².